The van der Waals surface area contributed by atoms with E-state index in [9.17, 15) is 28.8 Å². The smallest absolute Gasteiger partial charge is 0.244 e. The molecule has 0 aromatic rings. The Kier molecular flexibility index (Phi) is 15.9. The number of nitrogens with one attached hydrogen (secondary N) is 5. The predicted molar refractivity (Wildman–Crippen MR) is 209 cm³/mol. The van der Waals surface area contributed by atoms with Crippen molar-refractivity contribution in [2.75, 3.05) is 26.7 Å². The zero-order chi connectivity index (χ0) is 40.5. The van der Waals surface area contributed by atoms with Gasteiger partial charge < -0.3 is 47.7 Å². The maximum absolute atomic E-state index is 14.2. The molecule has 55 heavy (non-hydrogen) atoms. The van der Waals surface area contributed by atoms with Crippen LogP contribution in [-0.2, 0) is 33.5 Å². The second kappa shape index (κ2) is 19.7. The van der Waals surface area contributed by atoms with Crippen LogP contribution in [0.2, 0.25) is 0 Å². The third-order valence-corrected chi connectivity index (χ3v) is 12.3. The van der Waals surface area contributed by atoms with Gasteiger partial charge in [-0.25, -0.2) is 0 Å². The number of carbonyl (C=O) groups is 6. The first kappa shape index (κ1) is 44.4. The number of nitrogens with two attached hydrogens (primary N) is 2. The van der Waals surface area contributed by atoms with E-state index in [2.05, 4.69) is 33.5 Å². The van der Waals surface area contributed by atoms with Crippen LogP contribution in [0.25, 0.3) is 0 Å². The second-order valence-corrected chi connectivity index (χ2v) is 17.6. The molecule has 1 aliphatic heterocycles. The summed E-state index contributed by atoms with van der Waals surface area (Å²) in [4.78, 5) is 84.8. The van der Waals surface area contributed by atoms with Crippen LogP contribution in [0, 0.1) is 23.2 Å². The molecule has 4 saturated carbocycles. The van der Waals surface area contributed by atoms with Gasteiger partial charge in [0.1, 0.15) is 24.2 Å². The molecule has 312 valence electrons. The van der Waals surface area contributed by atoms with E-state index in [4.69, 9.17) is 16.2 Å². The van der Waals surface area contributed by atoms with Crippen molar-refractivity contribution in [2.45, 2.75) is 166 Å². The molecule has 5 rings (SSSR count). The molecule has 6 amide bonds. The Hall–Kier alpha value is -3.30. The molecular formula is C40H70N8O7. The summed E-state index contributed by atoms with van der Waals surface area (Å²) in [5.41, 5.74) is 11.4. The maximum Gasteiger partial charge on any atom is 0.244 e. The van der Waals surface area contributed by atoms with Crippen LogP contribution in [0.5, 0.6) is 0 Å². The number of carbonyl (C=O) groups excluding carboxylic acids is 6. The van der Waals surface area contributed by atoms with E-state index in [0.717, 1.165) is 44.9 Å². The lowest BCUT2D eigenvalue weighted by atomic mass is 9.39. The SMILES string of the molecule is CCCCCC[C@H]1OC[C@@H](C)NC(=O)[C@H](CNC(=O)C23CC(N)(C2)C3)NC(=O)[C@H](CN)NC(=O)[C@H](C2CCCCC2)NC(=O)[C@H](CC(C)C)N(C)C(=O)[C@@H]1C. The lowest BCUT2D eigenvalue weighted by molar-refractivity contribution is -0.172. The molecule has 1 saturated heterocycles. The van der Waals surface area contributed by atoms with Crippen molar-refractivity contribution in [2.24, 2.45) is 34.6 Å². The van der Waals surface area contributed by atoms with Gasteiger partial charge in [0.15, 0.2) is 0 Å². The van der Waals surface area contributed by atoms with Crippen LogP contribution in [0.3, 0.4) is 0 Å². The molecule has 7 atom stereocenters. The average molecular weight is 775 g/mol. The normalized spacial score (nSPS) is 34.5. The van der Waals surface area contributed by atoms with E-state index in [1.165, 1.54) is 4.90 Å². The number of nitrogens with zero attached hydrogens (tertiary/aromatic N) is 1. The molecule has 9 N–H and O–H groups in total. The first-order chi connectivity index (χ1) is 26.0. The Bertz CT molecular complexity index is 1350. The minimum absolute atomic E-state index is 0.0646. The number of unbranched alkanes of at least 4 members (excludes halogenated alkanes) is 3. The monoisotopic (exact) mass is 775 g/mol. The standard InChI is InChI=1S/C40H70N8O7/c1-7-8-9-13-16-31-26(5)37(53)48(6)30(17-24(2)3)35(51)47-32(27-14-11-10-12-15-27)36(52)45-28(18-41)33(49)46-29(34(50)44-25(4)20-55-31)19-43-38(54)39-21-40(42,22-39)23-39/h24-32H,7-23,41-42H2,1-6H3,(H,43,54)(H,44,50)(H,45,52)(H,46,49)(H,47,51)/t25-,26-,28+,29+,30+,31-,32+,39?,40?/m1/s1. The van der Waals surface area contributed by atoms with E-state index in [1.54, 1.807) is 14.0 Å². The molecule has 15 nitrogen and oxygen atoms in total. The van der Waals surface area contributed by atoms with Gasteiger partial charge in [0.05, 0.1) is 24.0 Å². The molecular weight excluding hydrogens is 704 g/mol. The first-order valence-electron chi connectivity index (χ1n) is 20.9. The van der Waals surface area contributed by atoms with Crippen LogP contribution in [-0.4, -0.2) is 109 Å². The lowest BCUT2D eigenvalue weighted by Crippen LogP contribution is -2.76. The second-order valence-electron chi connectivity index (χ2n) is 17.6. The summed E-state index contributed by atoms with van der Waals surface area (Å²) in [6.45, 7) is 9.30. The highest BCUT2D eigenvalue weighted by atomic mass is 16.5. The third kappa shape index (κ3) is 11.4. The number of rotatable bonds is 12. The molecule has 0 aromatic heterocycles. The van der Waals surface area contributed by atoms with Crippen molar-refractivity contribution in [3.05, 3.63) is 0 Å². The number of amides is 6. The van der Waals surface area contributed by atoms with E-state index < -0.39 is 71.3 Å². The van der Waals surface area contributed by atoms with E-state index in [-0.39, 0.29) is 48.9 Å². The molecule has 0 radical (unpaired) electrons. The summed E-state index contributed by atoms with van der Waals surface area (Å²) in [7, 11) is 1.64. The van der Waals surface area contributed by atoms with Gasteiger partial charge in [-0.1, -0.05) is 72.6 Å². The molecule has 15 heteroatoms. The van der Waals surface area contributed by atoms with Gasteiger partial charge in [-0.3, -0.25) is 28.8 Å². The van der Waals surface area contributed by atoms with E-state index in [1.807, 2.05) is 20.8 Å². The van der Waals surface area contributed by atoms with Gasteiger partial charge in [-0.2, -0.15) is 0 Å². The molecule has 2 bridgehead atoms. The number of hydrogen-bond acceptors (Lipinski definition) is 9. The molecule has 0 spiro atoms. The minimum Gasteiger partial charge on any atom is -0.375 e. The van der Waals surface area contributed by atoms with Gasteiger partial charge in [0, 0.05) is 31.7 Å². The topological polar surface area (TPSA) is 227 Å². The first-order valence-corrected chi connectivity index (χ1v) is 20.9. The Balaban J connectivity index is 1.64. The summed E-state index contributed by atoms with van der Waals surface area (Å²) in [6, 6.07) is -4.78. The maximum atomic E-state index is 14.2. The fourth-order valence-electron chi connectivity index (χ4n) is 9.00. The number of hydrogen-bond donors (Lipinski definition) is 7. The van der Waals surface area contributed by atoms with Gasteiger partial charge in [0.25, 0.3) is 0 Å². The Morgan fingerprint density at radius 3 is 2.13 bits per heavy atom. The van der Waals surface area contributed by atoms with Crippen molar-refractivity contribution in [3.63, 3.8) is 0 Å². The molecule has 5 aliphatic rings. The molecule has 4 aliphatic carbocycles. The summed E-state index contributed by atoms with van der Waals surface area (Å²) in [5.74, 6) is -3.42. The predicted octanol–water partition coefficient (Wildman–Crippen LogP) is 1.36. The Labute approximate surface area is 327 Å². The molecule has 5 fully saturated rings. The quantitative estimate of drug-likeness (QED) is 0.142. The zero-order valence-electron chi connectivity index (χ0n) is 34.2. The van der Waals surface area contributed by atoms with Crippen LogP contribution in [0.4, 0.5) is 0 Å². The Morgan fingerprint density at radius 1 is 0.891 bits per heavy atom. The highest BCUT2D eigenvalue weighted by Gasteiger charge is 2.69. The van der Waals surface area contributed by atoms with Crippen molar-refractivity contribution >= 4 is 35.4 Å². The van der Waals surface area contributed by atoms with Crippen molar-refractivity contribution in [3.8, 4) is 0 Å². The molecule has 0 aromatic carbocycles. The van der Waals surface area contributed by atoms with Crippen LogP contribution >= 0.6 is 0 Å². The van der Waals surface area contributed by atoms with Gasteiger partial charge in [-0.15, -0.1) is 0 Å². The highest BCUT2D eigenvalue weighted by molar-refractivity contribution is 5.96. The minimum atomic E-state index is -1.23. The van der Waals surface area contributed by atoms with E-state index >= 15 is 0 Å². The lowest BCUT2D eigenvalue weighted by Gasteiger charge is -2.67. The summed E-state index contributed by atoms with van der Waals surface area (Å²) < 4.78 is 6.40. The summed E-state index contributed by atoms with van der Waals surface area (Å²) in [6.07, 6.45) is 10.4. The number of likely N-dealkylation sites (N-methyl/N-ethyl adjacent to an activating group) is 1. The highest BCUT2D eigenvalue weighted by Crippen LogP contribution is 2.65. The number of ether oxygens (including phenoxy) is 1. The van der Waals surface area contributed by atoms with E-state index in [0.29, 0.717) is 44.9 Å². The van der Waals surface area contributed by atoms with Crippen LogP contribution in [0.15, 0.2) is 0 Å². The van der Waals surface area contributed by atoms with Gasteiger partial charge in [-0.05, 0) is 63.7 Å². The van der Waals surface area contributed by atoms with Crippen molar-refractivity contribution in [1.82, 2.24) is 31.5 Å². The van der Waals surface area contributed by atoms with Gasteiger partial charge in [0.2, 0.25) is 35.4 Å². The third-order valence-electron chi connectivity index (χ3n) is 12.3. The largest absolute Gasteiger partial charge is 0.375 e. The van der Waals surface area contributed by atoms with Crippen molar-refractivity contribution in [1.29, 1.82) is 0 Å². The average Bonchev–Trinajstić information content (AvgIpc) is 3.13. The zero-order valence-corrected chi connectivity index (χ0v) is 34.2. The van der Waals surface area contributed by atoms with Crippen LogP contribution < -0.4 is 38.1 Å². The fraction of sp³-hybridized carbons (Fsp3) is 0.850. The summed E-state index contributed by atoms with van der Waals surface area (Å²) >= 11 is 0. The van der Waals surface area contributed by atoms with Crippen molar-refractivity contribution < 1.29 is 33.5 Å². The Morgan fingerprint density at radius 2 is 1.53 bits per heavy atom. The molecule has 0 unspecified atom stereocenters. The van der Waals surface area contributed by atoms with Gasteiger partial charge >= 0.3 is 0 Å². The molecule has 1 heterocycles. The fourth-order valence-corrected chi connectivity index (χ4v) is 9.00. The van der Waals surface area contributed by atoms with Crippen LogP contribution in [0.1, 0.15) is 125 Å². The summed E-state index contributed by atoms with van der Waals surface area (Å²) in [5, 5.41) is 14.2.